The fourth-order valence-corrected chi connectivity index (χ4v) is 2.16. The second-order valence-electron chi connectivity index (χ2n) is 5.20. The SMILES string of the molecule is C[C@H](N[N+](=CNCC(=O)O)c1cccc(C#N)c1)c1ccccc1. The van der Waals surface area contributed by atoms with E-state index in [1.54, 1.807) is 29.2 Å². The van der Waals surface area contributed by atoms with Gasteiger partial charge in [-0.1, -0.05) is 36.4 Å². The molecule has 0 aromatic heterocycles. The number of carboxylic acid groups (broad SMARTS) is 1. The van der Waals surface area contributed by atoms with E-state index in [1.165, 1.54) is 0 Å². The molecule has 0 aliphatic carbocycles. The third-order valence-corrected chi connectivity index (χ3v) is 3.36. The molecule has 0 saturated carbocycles. The van der Waals surface area contributed by atoms with E-state index in [9.17, 15) is 4.79 Å². The van der Waals surface area contributed by atoms with Gasteiger partial charge in [0, 0.05) is 6.07 Å². The minimum absolute atomic E-state index is 0.0141. The number of carboxylic acids is 1. The number of nitriles is 1. The first kappa shape index (κ1) is 17.0. The normalized spacial score (nSPS) is 12.1. The maximum absolute atomic E-state index is 10.7. The van der Waals surface area contributed by atoms with Crippen molar-refractivity contribution in [2.75, 3.05) is 6.54 Å². The zero-order valence-electron chi connectivity index (χ0n) is 13.3. The summed E-state index contributed by atoms with van der Waals surface area (Å²) in [6.07, 6.45) is 1.55. The Hall–Kier alpha value is -3.33. The van der Waals surface area contributed by atoms with Crippen LogP contribution in [0.25, 0.3) is 0 Å². The molecule has 122 valence electrons. The van der Waals surface area contributed by atoms with Crippen LogP contribution >= 0.6 is 0 Å². The molecule has 1 atom stereocenters. The lowest BCUT2D eigenvalue weighted by atomic mass is 10.1. The van der Waals surface area contributed by atoms with Crippen LogP contribution in [0.4, 0.5) is 5.69 Å². The quantitative estimate of drug-likeness (QED) is 0.314. The zero-order valence-corrected chi connectivity index (χ0v) is 13.3. The van der Waals surface area contributed by atoms with E-state index in [2.05, 4.69) is 16.8 Å². The van der Waals surface area contributed by atoms with Crippen molar-refractivity contribution in [2.24, 2.45) is 0 Å². The molecule has 24 heavy (non-hydrogen) atoms. The first-order valence-corrected chi connectivity index (χ1v) is 7.49. The van der Waals surface area contributed by atoms with Crippen LogP contribution in [0.15, 0.2) is 54.6 Å². The number of rotatable bonds is 7. The molecule has 0 unspecified atom stereocenters. The van der Waals surface area contributed by atoms with E-state index in [4.69, 9.17) is 10.4 Å². The Morgan fingerprint density at radius 2 is 2.04 bits per heavy atom. The van der Waals surface area contributed by atoms with E-state index in [1.807, 2.05) is 43.3 Å². The fourth-order valence-electron chi connectivity index (χ4n) is 2.16. The van der Waals surface area contributed by atoms with Gasteiger partial charge in [0.05, 0.1) is 17.7 Å². The molecule has 2 rings (SSSR count). The van der Waals surface area contributed by atoms with Crippen molar-refractivity contribution in [1.82, 2.24) is 10.7 Å². The zero-order chi connectivity index (χ0) is 17.4. The summed E-state index contributed by atoms with van der Waals surface area (Å²) in [6, 6.07) is 19.0. The highest BCUT2D eigenvalue weighted by molar-refractivity contribution is 5.72. The van der Waals surface area contributed by atoms with Gasteiger partial charge in [-0.25, -0.2) is 10.2 Å². The summed E-state index contributed by atoms with van der Waals surface area (Å²) in [4.78, 5) is 10.7. The minimum Gasteiger partial charge on any atom is -0.478 e. The molecule has 0 bridgehead atoms. The lowest BCUT2D eigenvalue weighted by molar-refractivity contribution is -0.512. The first-order valence-electron chi connectivity index (χ1n) is 7.49. The third kappa shape index (κ3) is 4.85. The molecule has 0 radical (unpaired) electrons. The maximum Gasteiger partial charge on any atom is 0.345 e. The molecule has 0 amide bonds. The molecule has 2 aromatic carbocycles. The van der Waals surface area contributed by atoms with Gasteiger partial charge in [0.1, 0.15) is 0 Å². The highest BCUT2D eigenvalue weighted by Gasteiger charge is 2.12. The number of hydrazine groups is 1. The van der Waals surface area contributed by atoms with Crippen LogP contribution in [-0.2, 0) is 4.79 Å². The molecular weight excluding hydrogens is 304 g/mol. The largest absolute Gasteiger partial charge is 0.478 e. The highest BCUT2D eigenvalue weighted by Crippen LogP contribution is 2.16. The van der Waals surface area contributed by atoms with Crippen molar-refractivity contribution in [1.29, 1.82) is 5.26 Å². The number of hydrogen-bond acceptors (Lipinski definition) is 3. The van der Waals surface area contributed by atoms with Gasteiger partial charge in [-0.15, -0.1) is 4.68 Å². The van der Waals surface area contributed by atoms with Crippen molar-refractivity contribution in [3.8, 4) is 6.07 Å². The number of hydrogen-bond donors (Lipinski definition) is 3. The summed E-state index contributed by atoms with van der Waals surface area (Å²) in [5, 5.41) is 20.6. The number of aliphatic carboxylic acids is 1. The number of benzene rings is 2. The Bertz CT molecular complexity index is 766. The summed E-state index contributed by atoms with van der Waals surface area (Å²) >= 11 is 0. The molecule has 0 spiro atoms. The van der Waals surface area contributed by atoms with Crippen LogP contribution in [0.3, 0.4) is 0 Å². The molecule has 3 N–H and O–H groups in total. The predicted molar refractivity (Wildman–Crippen MR) is 90.8 cm³/mol. The standard InChI is InChI=1S/C18H18N4O2/c1-14(16-7-3-2-4-8-16)21-22(13-20-12-18(23)24)17-9-5-6-15(10-17)11-19/h2-10,13-14,21H,12H2,1H3,(H,23,24)/p+1/t14-/m0/s1. The third-order valence-electron chi connectivity index (χ3n) is 3.36. The van der Waals surface area contributed by atoms with E-state index in [0.717, 1.165) is 11.3 Å². The van der Waals surface area contributed by atoms with Crippen molar-refractivity contribution in [2.45, 2.75) is 13.0 Å². The van der Waals surface area contributed by atoms with Crippen LogP contribution in [0.5, 0.6) is 0 Å². The Kier molecular flexibility index (Phi) is 5.92. The summed E-state index contributed by atoms with van der Waals surface area (Å²) in [7, 11) is 0. The molecule has 0 aliphatic rings. The lowest BCUT2D eigenvalue weighted by Gasteiger charge is -2.16. The Labute approximate surface area is 140 Å². The maximum atomic E-state index is 10.7. The second kappa shape index (κ2) is 8.34. The van der Waals surface area contributed by atoms with Crippen molar-refractivity contribution in [3.63, 3.8) is 0 Å². The van der Waals surface area contributed by atoms with Crippen LogP contribution in [0.2, 0.25) is 0 Å². The molecule has 0 saturated heterocycles. The lowest BCUT2D eigenvalue weighted by Crippen LogP contribution is -2.34. The monoisotopic (exact) mass is 323 g/mol. The average molecular weight is 323 g/mol. The molecule has 2 aromatic rings. The van der Waals surface area contributed by atoms with Gasteiger partial charge >= 0.3 is 5.97 Å². The Morgan fingerprint density at radius 3 is 2.71 bits per heavy atom. The number of carbonyl (C=O) groups is 1. The van der Waals surface area contributed by atoms with E-state index in [-0.39, 0.29) is 12.6 Å². The number of hydrazone groups is 1. The summed E-state index contributed by atoms with van der Waals surface area (Å²) in [5.74, 6) is -0.951. The molecule has 6 heteroatoms. The summed E-state index contributed by atoms with van der Waals surface area (Å²) in [6.45, 7) is 1.80. The summed E-state index contributed by atoms with van der Waals surface area (Å²) in [5.41, 5.74) is 5.63. The first-order chi connectivity index (χ1) is 11.6. The van der Waals surface area contributed by atoms with Crippen LogP contribution in [0.1, 0.15) is 24.1 Å². The van der Waals surface area contributed by atoms with Gasteiger partial charge in [0.25, 0.3) is 6.34 Å². The van der Waals surface area contributed by atoms with Gasteiger partial charge in [-0.2, -0.15) is 5.26 Å². The molecular formula is C18H19N4O2+. The predicted octanol–water partition coefficient (Wildman–Crippen LogP) is 2.17. The Balaban J connectivity index is 2.25. The van der Waals surface area contributed by atoms with Gasteiger partial charge in [-0.3, -0.25) is 5.32 Å². The van der Waals surface area contributed by atoms with Crippen molar-refractivity contribution >= 4 is 18.0 Å². The topological polar surface area (TPSA) is 88.2 Å². The molecule has 0 heterocycles. The van der Waals surface area contributed by atoms with Crippen molar-refractivity contribution < 1.29 is 14.6 Å². The second-order valence-corrected chi connectivity index (χ2v) is 5.20. The summed E-state index contributed by atoms with van der Waals surface area (Å²) < 4.78 is 1.68. The van der Waals surface area contributed by atoms with E-state index in [0.29, 0.717) is 5.56 Å². The molecule has 0 aliphatic heterocycles. The average Bonchev–Trinajstić information content (AvgIpc) is 2.61. The Morgan fingerprint density at radius 1 is 1.29 bits per heavy atom. The molecule has 0 fully saturated rings. The van der Waals surface area contributed by atoms with Gasteiger partial charge in [0.2, 0.25) is 0 Å². The van der Waals surface area contributed by atoms with Crippen LogP contribution < -0.4 is 10.7 Å². The highest BCUT2D eigenvalue weighted by atomic mass is 16.4. The van der Waals surface area contributed by atoms with Gasteiger partial charge in [0.15, 0.2) is 12.2 Å². The van der Waals surface area contributed by atoms with Crippen molar-refractivity contribution in [3.05, 3.63) is 65.7 Å². The van der Waals surface area contributed by atoms with Gasteiger partial charge in [-0.05, 0) is 24.6 Å². The van der Waals surface area contributed by atoms with E-state index >= 15 is 0 Å². The number of nitrogens with one attached hydrogen (secondary N) is 2. The minimum atomic E-state index is -0.951. The molecule has 6 nitrogen and oxygen atoms in total. The van der Waals surface area contributed by atoms with Gasteiger partial charge < -0.3 is 5.11 Å². The fraction of sp³-hybridized carbons (Fsp3) is 0.167. The van der Waals surface area contributed by atoms with Crippen LogP contribution in [0, 0.1) is 11.3 Å². The van der Waals surface area contributed by atoms with Crippen LogP contribution in [-0.4, -0.2) is 28.6 Å². The van der Waals surface area contributed by atoms with E-state index < -0.39 is 5.97 Å². The number of nitrogens with zero attached hydrogens (tertiary/aromatic N) is 2. The smallest absolute Gasteiger partial charge is 0.345 e.